The predicted octanol–water partition coefficient (Wildman–Crippen LogP) is 6.29. The van der Waals surface area contributed by atoms with Crippen LogP contribution in [-0.2, 0) is 14.8 Å². The Labute approximate surface area is 251 Å². The molecule has 1 fully saturated rings. The van der Waals surface area contributed by atoms with Crippen LogP contribution in [0.4, 0.5) is 10.5 Å². The fourth-order valence-corrected chi connectivity index (χ4v) is 6.96. The number of anilines is 1. The highest BCUT2D eigenvalue weighted by atomic mass is 32.2. The number of piperidine rings is 1. The standard InChI is InChI=1S/C33H35N5O4S/c1-22-9-12-25(13-10-22)43(40,41)38-21-28(26-8-5-16-35-31(26)38)23-11-14-29-27(19-23)30(15-17-34-29)37-18-6-7-24(20-37)36-32(39)42-33(2,3)4/h5,8-17,19,21,24H,6-7,18,20H2,1-4H3,(H,36,39)/t24-/m0/s1. The van der Waals surface area contributed by atoms with E-state index in [0.29, 0.717) is 12.2 Å². The monoisotopic (exact) mass is 597 g/mol. The molecule has 4 heterocycles. The summed E-state index contributed by atoms with van der Waals surface area (Å²) in [6.45, 7) is 8.96. The van der Waals surface area contributed by atoms with E-state index in [2.05, 4.69) is 26.3 Å². The van der Waals surface area contributed by atoms with Crippen molar-refractivity contribution < 1.29 is 17.9 Å². The molecule has 2 aromatic carbocycles. The third-order valence-corrected chi connectivity index (χ3v) is 9.29. The van der Waals surface area contributed by atoms with Gasteiger partial charge in [-0.2, -0.15) is 0 Å². The maximum Gasteiger partial charge on any atom is 0.407 e. The average molecular weight is 598 g/mol. The summed E-state index contributed by atoms with van der Waals surface area (Å²) in [5.41, 5.74) is 4.26. The lowest BCUT2D eigenvalue weighted by atomic mass is 10.0. The van der Waals surface area contributed by atoms with Crippen LogP contribution in [0.25, 0.3) is 33.1 Å². The number of alkyl carbamates (subject to hydrolysis) is 1. The van der Waals surface area contributed by atoms with Crippen molar-refractivity contribution in [3.8, 4) is 11.1 Å². The number of hydrogen-bond acceptors (Lipinski definition) is 7. The smallest absolute Gasteiger partial charge is 0.407 e. The van der Waals surface area contributed by atoms with E-state index in [0.717, 1.165) is 58.1 Å². The molecule has 1 amide bonds. The Bertz CT molecular complexity index is 1930. The Hall–Kier alpha value is -4.44. The number of fused-ring (bicyclic) bond motifs is 2. The van der Waals surface area contributed by atoms with Crippen molar-refractivity contribution in [2.24, 2.45) is 0 Å². The van der Waals surface area contributed by atoms with E-state index in [1.54, 1.807) is 42.9 Å². The maximum atomic E-state index is 13.7. The van der Waals surface area contributed by atoms with Crippen LogP contribution in [0, 0.1) is 6.92 Å². The first-order valence-electron chi connectivity index (χ1n) is 14.4. The SMILES string of the molecule is Cc1ccc(S(=O)(=O)n2cc(-c3ccc4nccc(N5CCC[C@H](NC(=O)OC(C)(C)C)C5)c4c3)c3cccnc32)cc1. The van der Waals surface area contributed by atoms with E-state index in [1.165, 1.54) is 3.97 Å². The number of ether oxygens (including phenoxy) is 1. The first-order valence-corrected chi connectivity index (χ1v) is 15.9. The van der Waals surface area contributed by atoms with Gasteiger partial charge in [0.15, 0.2) is 5.65 Å². The average Bonchev–Trinajstić information content (AvgIpc) is 3.37. The molecule has 0 radical (unpaired) electrons. The van der Waals surface area contributed by atoms with Gasteiger partial charge in [0.25, 0.3) is 10.0 Å². The summed E-state index contributed by atoms with van der Waals surface area (Å²) in [6, 6.07) is 18.5. The van der Waals surface area contributed by atoms with Gasteiger partial charge in [0.05, 0.1) is 10.4 Å². The maximum absolute atomic E-state index is 13.7. The molecule has 9 nitrogen and oxygen atoms in total. The van der Waals surface area contributed by atoms with Crippen molar-refractivity contribution in [1.82, 2.24) is 19.3 Å². The molecule has 5 aromatic rings. The number of carbonyl (C=O) groups is 1. The van der Waals surface area contributed by atoms with Crippen LogP contribution in [0.5, 0.6) is 0 Å². The van der Waals surface area contributed by atoms with Crippen molar-refractivity contribution in [3.63, 3.8) is 0 Å². The minimum atomic E-state index is -3.88. The van der Waals surface area contributed by atoms with Crippen LogP contribution in [-0.4, -0.2) is 53.2 Å². The summed E-state index contributed by atoms with van der Waals surface area (Å²) in [5, 5.41) is 4.72. The van der Waals surface area contributed by atoms with E-state index in [4.69, 9.17) is 4.74 Å². The zero-order valence-electron chi connectivity index (χ0n) is 24.7. The minimum absolute atomic E-state index is 0.0500. The summed E-state index contributed by atoms with van der Waals surface area (Å²) in [7, 11) is -3.88. The molecule has 1 saturated heterocycles. The third-order valence-electron chi connectivity index (χ3n) is 7.62. The van der Waals surface area contributed by atoms with Crippen LogP contribution < -0.4 is 10.2 Å². The van der Waals surface area contributed by atoms with E-state index in [1.807, 2.05) is 58.0 Å². The summed E-state index contributed by atoms with van der Waals surface area (Å²) in [5.74, 6) is 0. The van der Waals surface area contributed by atoms with Gasteiger partial charge in [0.1, 0.15) is 5.60 Å². The predicted molar refractivity (Wildman–Crippen MR) is 169 cm³/mol. The number of nitrogens with zero attached hydrogens (tertiary/aromatic N) is 4. The number of carbonyl (C=O) groups excluding carboxylic acids is 1. The molecule has 1 aliphatic heterocycles. The van der Waals surface area contributed by atoms with E-state index < -0.39 is 21.7 Å². The van der Waals surface area contributed by atoms with Crippen LogP contribution in [0.3, 0.4) is 0 Å². The molecule has 3 aromatic heterocycles. The van der Waals surface area contributed by atoms with Gasteiger partial charge in [-0.1, -0.05) is 23.8 Å². The van der Waals surface area contributed by atoms with Crippen molar-refractivity contribution in [2.75, 3.05) is 18.0 Å². The zero-order valence-corrected chi connectivity index (χ0v) is 25.6. The summed E-state index contributed by atoms with van der Waals surface area (Å²) in [4.78, 5) is 24.0. The van der Waals surface area contributed by atoms with Crippen LogP contribution in [0.2, 0.25) is 0 Å². The number of aryl methyl sites for hydroxylation is 1. The van der Waals surface area contributed by atoms with Crippen molar-refractivity contribution in [3.05, 3.63) is 84.8 Å². The van der Waals surface area contributed by atoms with Gasteiger partial charge in [-0.15, -0.1) is 0 Å². The zero-order chi connectivity index (χ0) is 30.4. The molecule has 6 rings (SSSR count). The number of aromatic nitrogens is 3. The third kappa shape index (κ3) is 5.79. The Morgan fingerprint density at radius 1 is 1.00 bits per heavy atom. The van der Waals surface area contributed by atoms with E-state index in [9.17, 15) is 13.2 Å². The van der Waals surface area contributed by atoms with Gasteiger partial charge in [0.2, 0.25) is 0 Å². The van der Waals surface area contributed by atoms with Crippen molar-refractivity contribution >= 4 is 43.7 Å². The van der Waals surface area contributed by atoms with Gasteiger partial charge in [0, 0.05) is 59.7 Å². The molecular formula is C33H35N5O4S. The van der Waals surface area contributed by atoms with Crippen molar-refractivity contribution in [1.29, 1.82) is 0 Å². The highest BCUT2D eigenvalue weighted by molar-refractivity contribution is 7.90. The van der Waals surface area contributed by atoms with Gasteiger partial charge in [-0.05, 0) is 88.6 Å². The fourth-order valence-electron chi connectivity index (χ4n) is 5.63. The fraction of sp³-hybridized carbons (Fsp3) is 0.303. The Balaban J connectivity index is 1.38. The highest BCUT2D eigenvalue weighted by Crippen LogP contribution is 2.36. The summed E-state index contributed by atoms with van der Waals surface area (Å²) < 4.78 is 34.2. The molecule has 0 spiro atoms. The van der Waals surface area contributed by atoms with Crippen LogP contribution in [0.15, 0.2) is 84.1 Å². The summed E-state index contributed by atoms with van der Waals surface area (Å²) in [6.07, 6.45) is 6.43. The molecule has 43 heavy (non-hydrogen) atoms. The largest absolute Gasteiger partial charge is 0.444 e. The molecule has 0 aliphatic carbocycles. The normalized spacial score (nSPS) is 16.0. The van der Waals surface area contributed by atoms with Gasteiger partial charge in [-0.3, -0.25) is 4.98 Å². The first-order chi connectivity index (χ1) is 20.5. The molecule has 1 atom stereocenters. The molecular weight excluding hydrogens is 562 g/mol. The lowest BCUT2D eigenvalue weighted by Crippen LogP contribution is -2.49. The first kappa shape index (κ1) is 28.7. The molecule has 0 bridgehead atoms. The molecule has 0 unspecified atom stereocenters. The number of nitrogens with one attached hydrogen (secondary N) is 1. The number of benzene rings is 2. The van der Waals surface area contributed by atoms with Crippen LogP contribution >= 0.6 is 0 Å². The van der Waals surface area contributed by atoms with E-state index in [-0.39, 0.29) is 10.9 Å². The lowest BCUT2D eigenvalue weighted by molar-refractivity contribution is 0.0500. The second-order valence-electron chi connectivity index (χ2n) is 12.0. The molecule has 10 heteroatoms. The van der Waals surface area contributed by atoms with Gasteiger partial charge >= 0.3 is 6.09 Å². The molecule has 0 saturated carbocycles. The Morgan fingerprint density at radius 3 is 2.56 bits per heavy atom. The molecule has 1 aliphatic rings. The van der Waals surface area contributed by atoms with Gasteiger partial charge in [-0.25, -0.2) is 22.2 Å². The second-order valence-corrected chi connectivity index (χ2v) is 13.8. The number of hydrogen-bond donors (Lipinski definition) is 1. The summed E-state index contributed by atoms with van der Waals surface area (Å²) >= 11 is 0. The lowest BCUT2D eigenvalue weighted by Gasteiger charge is -2.35. The topological polar surface area (TPSA) is 106 Å². The molecule has 1 N–H and O–H groups in total. The second kappa shape index (κ2) is 11.0. The molecule has 222 valence electrons. The highest BCUT2D eigenvalue weighted by Gasteiger charge is 2.26. The number of amides is 1. The quantitative estimate of drug-likeness (QED) is 0.254. The van der Waals surface area contributed by atoms with Crippen molar-refractivity contribution in [2.45, 2.75) is 57.1 Å². The Morgan fingerprint density at radius 2 is 1.79 bits per heavy atom. The number of pyridine rings is 2. The number of rotatable bonds is 5. The van der Waals surface area contributed by atoms with Crippen LogP contribution in [0.1, 0.15) is 39.2 Å². The Kier molecular flexibility index (Phi) is 7.33. The van der Waals surface area contributed by atoms with Gasteiger partial charge < -0.3 is 15.0 Å². The van der Waals surface area contributed by atoms with E-state index >= 15 is 0 Å². The minimum Gasteiger partial charge on any atom is -0.444 e.